The zero-order valence-electron chi connectivity index (χ0n) is 62.1. The van der Waals surface area contributed by atoms with Crippen LogP contribution < -0.4 is 21.3 Å². The van der Waals surface area contributed by atoms with Crippen molar-refractivity contribution in [2.24, 2.45) is 35.5 Å². The first kappa shape index (κ1) is 85.4. The van der Waals surface area contributed by atoms with Crippen LogP contribution in [0, 0.1) is 35.5 Å². The minimum absolute atomic E-state index is 0.0466. The van der Waals surface area contributed by atoms with Gasteiger partial charge in [0.05, 0.1) is 12.6 Å². The molecule has 0 aromatic rings. The summed E-state index contributed by atoms with van der Waals surface area (Å²) in [6.07, 6.45) is 3.16. The van der Waals surface area contributed by atoms with Crippen molar-refractivity contribution in [3.8, 4) is 0 Å². The van der Waals surface area contributed by atoms with Crippen LogP contribution in [0.25, 0.3) is 0 Å². The van der Waals surface area contributed by atoms with Gasteiger partial charge < -0.3 is 65.6 Å². The smallest absolute Gasteiger partial charge is 0.246 e. The van der Waals surface area contributed by atoms with Gasteiger partial charge in [-0.25, -0.2) is 0 Å². The van der Waals surface area contributed by atoms with Gasteiger partial charge in [0.1, 0.15) is 66.5 Å². The molecular formula is C69H120N12O14S. The standard InChI is InChI=1S/C69H120N12O14S/c1-25-27-29-43(13)58(84)57-61(87)72-49(26-2)63(89)78(22)54(37-96-31-28-30-48(83)36-70-47(17)82)66(92)74(18)50(32-38(3)4)60(86)73-55(41(9)10)68(94)77(21)53-35-44(14)81(67(53)93)46(16)59(85)71-45(15)62(88)75(19)51(33-39(5)6)64(90)76(20)52(34-40(7)8)65(91)79(23)56(42(11)12)69(95)80(57)24/h25,27,38-46,49-58,84H,26,28-37H2,1-24H3,(H,70,82)(H,71,85)(H,72,87)(H,73,86)/b27-25+/t43-,44?,45+,46-,49-,50+,51-,52-,53-,54-,55-,56-,57-,58-/m1/s1. The van der Waals surface area contributed by atoms with E-state index in [0.717, 1.165) is 4.90 Å². The van der Waals surface area contributed by atoms with Crippen LogP contribution in [-0.4, -0.2) is 267 Å². The molecule has 2 saturated heterocycles. The number of aliphatic hydroxyl groups excluding tert-OH is 1. The molecule has 1 unspecified atom stereocenters. The van der Waals surface area contributed by atoms with Crippen molar-refractivity contribution in [2.75, 3.05) is 67.4 Å². The predicted molar refractivity (Wildman–Crippen MR) is 371 cm³/mol. The lowest BCUT2D eigenvalue weighted by Gasteiger charge is -2.41. The van der Waals surface area contributed by atoms with Crippen LogP contribution in [0.4, 0.5) is 0 Å². The molecule has 0 saturated carbocycles. The summed E-state index contributed by atoms with van der Waals surface area (Å²) in [5.74, 6) is -10.2. The van der Waals surface area contributed by atoms with Crippen molar-refractivity contribution >= 4 is 88.4 Å². The molecule has 546 valence electrons. The predicted octanol–water partition coefficient (Wildman–Crippen LogP) is 3.31. The molecule has 2 fully saturated rings. The maximum atomic E-state index is 15.4. The van der Waals surface area contributed by atoms with E-state index in [-0.39, 0.29) is 86.7 Å². The van der Waals surface area contributed by atoms with Gasteiger partial charge in [0.15, 0.2) is 5.78 Å². The number of carbonyl (C=O) groups is 13. The topological polar surface area (TPSA) is 316 Å². The van der Waals surface area contributed by atoms with Gasteiger partial charge in [0.2, 0.25) is 70.9 Å². The molecule has 0 aromatic carbocycles. The zero-order chi connectivity index (χ0) is 73.8. The van der Waals surface area contributed by atoms with Gasteiger partial charge in [-0.05, 0) is 114 Å². The van der Waals surface area contributed by atoms with Crippen molar-refractivity contribution in [1.29, 1.82) is 0 Å². The number of carbonyl (C=O) groups excluding carboxylic acids is 13. The Balaban J connectivity index is 3.08. The van der Waals surface area contributed by atoms with E-state index in [1.165, 1.54) is 116 Å². The summed E-state index contributed by atoms with van der Waals surface area (Å²) < 4.78 is 0. The molecule has 5 N–H and O–H groups in total. The molecule has 0 aromatic heterocycles. The molecule has 2 rings (SSSR count). The number of nitrogens with one attached hydrogen (secondary N) is 4. The van der Waals surface area contributed by atoms with Gasteiger partial charge >= 0.3 is 0 Å². The van der Waals surface area contributed by atoms with Crippen LogP contribution in [0.5, 0.6) is 0 Å². The van der Waals surface area contributed by atoms with E-state index in [1.807, 2.05) is 41.5 Å². The van der Waals surface area contributed by atoms with Gasteiger partial charge in [-0.3, -0.25) is 62.3 Å². The Hall–Kier alpha value is -6.64. The molecule has 2 aliphatic heterocycles. The van der Waals surface area contributed by atoms with Crippen molar-refractivity contribution in [3.05, 3.63) is 12.2 Å². The fourth-order valence-corrected chi connectivity index (χ4v) is 13.7. The number of likely N-dealkylation sites (N-methyl/N-ethyl adjacent to an activating group) is 7. The Morgan fingerprint density at radius 1 is 0.573 bits per heavy atom. The van der Waals surface area contributed by atoms with Crippen LogP contribution in [0.15, 0.2) is 12.2 Å². The fraction of sp³-hybridized carbons (Fsp3) is 0.783. The number of ketones is 1. The minimum Gasteiger partial charge on any atom is -0.390 e. The fourth-order valence-electron chi connectivity index (χ4n) is 12.5. The first-order chi connectivity index (χ1) is 44.5. The summed E-state index contributed by atoms with van der Waals surface area (Å²) in [6, 6.07) is -14.5. The van der Waals surface area contributed by atoms with Crippen molar-refractivity contribution in [1.82, 2.24) is 60.5 Å². The Kier molecular flexibility index (Phi) is 34.8. The van der Waals surface area contributed by atoms with Gasteiger partial charge in [-0.15, -0.1) is 0 Å². The lowest BCUT2D eigenvalue weighted by atomic mass is 9.91. The van der Waals surface area contributed by atoms with Crippen LogP contribution in [0.2, 0.25) is 0 Å². The second kappa shape index (κ2) is 39.1. The molecule has 12 amide bonds. The van der Waals surface area contributed by atoms with E-state index in [2.05, 4.69) is 21.3 Å². The number of rotatable bonds is 21. The number of nitrogens with zero attached hydrogens (tertiary/aromatic N) is 8. The third kappa shape index (κ3) is 23.0. The molecule has 0 aliphatic carbocycles. The summed E-state index contributed by atoms with van der Waals surface area (Å²) in [4.78, 5) is 198. The molecule has 0 spiro atoms. The highest BCUT2D eigenvalue weighted by atomic mass is 32.2. The molecular weight excluding hydrogens is 1250 g/mol. The van der Waals surface area contributed by atoms with E-state index < -0.39 is 161 Å². The highest BCUT2D eigenvalue weighted by molar-refractivity contribution is 7.99. The van der Waals surface area contributed by atoms with Gasteiger partial charge in [-0.2, -0.15) is 11.8 Å². The van der Waals surface area contributed by atoms with Crippen molar-refractivity contribution in [2.45, 2.75) is 248 Å². The van der Waals surface area contributed by atoms with E-state index in [0.29, 0.717) is 12.2 Å². The van der Waals surface area contributed by atoms with Gasteiger partial charge in [-0.1, -0.05) is 95.2 Å². The average Bonchev–Trinajstić information content (AvgIpc) is 1.45. The number of hydrogen-bond donors (Lipinski definition) is 5. The third-order valence-corrected chi connectivity index (χ3v) is 19.7. The number of amides is 12. The summed E-state index contributed by atoms with van der Waals surface area (Å²) in [6.45, 7) is 29.0. The Morgan fingerprint density at radius 3 is 1.56 bits per heavy atom. The van der Waals surface area contributed by atoms with Crippen molar-refractivity contribution in [3.63, 3.8) is 0 Å². The summed E-state index contributed by atoms with van der Waals surface area (Å²) in [5, 5.41) is 23.2. The van der Waals surface area contributed by atoms with Crippen molar-refractivity contribution < 1.29 is 67.4 Å². The largest absolute Gasteiger partial charge is 0.390 e. The molecule has 2 bridgehead atoms. The van der Waals surface area contributed by atoms with Crippen LogP contribution in [-0.2, 0) is 62.3 Å². The third-order valence-electron chi connectivity index (χ3n) is 18.6. The van der Waals surface area contributed by atoms with Gasteiger partial charge in [0.25, 0.3) is 0 Å². The zero-order valence-corrected chi connectivity index (χ0v) is 63.0. The quantitative estimate of drug-likeness (QED) is 0.0813. The molecule has 0 radical (unpaired) electrons. The number of thioether (sulfide) groups is 1. The highest BCUT2D eigenvalue weighted by Gasteiger charge is 2.49. The maximum absolute atomic E-state index is 15.4. The van der Waals surface area contributed by atoms with E-state index in [9.17, 15) is 38.7 Å². The molecule has 27 heteroatoms. The Labute approximate surface area is 576 Å². The van der Waals surface area contributed by atoms with Crippen LogP contribution in [0.1, 0.15) is 169 Å². The minimum atomic E-state index is -1.68. The highest BCUT2D eigenvalue weighted by Crippen LogP contribution is 2.29. The second-order valence-electron chi connectivity index (χ2n) is 28.6. The van der Waals surface area contributed by atoms with Gasteiger partial charge in [0, 0.05) is 74.5 Å². The first-order valence-corrected chi connectivity index (χ1v) is 35.4. The molecule has 96 heavy (non-hydrogen) atoms. The molecule has 2 aliphatic rings. The lowest BCUT2D eigenvalue weighted by Crippen LogP contribution is -2.64. The Bertz CT molecular complexity index is 2750. The van der Waals surface area contributed by atoms with E-state index >= 15 is 28.8 Å². The van der Waals surface area contributed by atoms with E-state index in [1.54, 1.807) is 67.5 Å². The monoisotopic (exact) mass is 1370 g/mol. The van der Waals surface area contributed by atoms with E-state index in [4.69, 9.17) is 0 Å². The molecule has 14 atom stereocenters. The number of allylic oxidation sites excluding steroid dienone is 2. The average molecular weight is 1370 g/mol. The maximum Gasteiger partial charge on any atom is 0.246 e. The number of Topliss-reactive ketones (excluding diaryl/α,β-unsaturated/α-hetero) is 1. The molecule has 26 nitrogen and oxygen atoms in total. The first-order valence-electron chi connectivity index (χ1n) is 34.3. The summed E-state index contributed by atoms with van der Waals surface area (Å²) >= 11 is 1.26. The summed E-state index contributed by atoms with van der Waals surface area (Å²) in [5.41, 5.74) is 0. The van der Waals surface area contributed by atoms with Crippen LogP contribution in [0.3, 0.4) is 0 Å². The number of fused-ring (bicyclic) bond motifs is 2. The molecule has 2 heterocycles. The number of aliphatic hydroxyl groups is 1. The Morgan fingerprint density at radius 2 is 1.06 bits per heavy atom. The summed E-state index contributed by atoms with van der Waals surface area (Å²) in [7, 11) is 9.93. The number of hydrogen-bond acceptors (Lipinski definition) is 15. The van der Waals surface area contributed by atoms with Crippen LogP contribution >= 0.6 is 11.8 Å². The normalized spacial score (nSPS) is 27.1. The SMILES string of the molecule is C/C=C/C[C@@H](C)[C@@H](O)[C@@H]1C(=O)N[C@H](CC)C(=O)N(C)[C@H](CSCCCC(=O)CNC(C)=O)C(=O)N(C)[C@@H](CC(C)C)C(=O)N[C@H](C(C)C)C(=O)N(C)[C@@H]2CC(C)N(C2=O)[C@H](C)C(=O)N[C@@H](C)C(=O)N(C)[C@H](CC(C)C)C(=O)N(C)[C@H](CC(C)C)C(=O)N(C)[C@H](C(C)C)C(=O)N1C. The lowest BCUT2D eigenvalue weighted by molar-refractivity contribution is -0.157. The second-order valence-corrected chi connectivity index (χ2v) is 29.7.